The molecule has 0 aromatic heterocycles. The molecule has 3 nitrogen and oxygen atoms in total. The first kappa shape index (κ1) is 14.7. The average molecular weight is 249 g/mol. The second kappa shape index (κ2) is 7.17. The van der Waals surface area contributed by atoms with Gasteiger partial charge in [0.05, 0.1) is 0 Å². The molecule has 0 aliphatic heterocycles. The van der Waals surface area contributed by atoms with Gasteiger partial charge in [0, 0.05) is 18.7 Å². The fourth-order valence-corrected chi connectivity index (χ4v) is 2.00. The highest BCUT2D eigenvalue weighted by atomic mass is 16.3. The zero-order chi connectivity index (χ0) is 13.5. The van der Waals surface area contributed by atoms with Crippen LogP contribution >= 0.6 is 0 Å². The maximum Gasteiger partial charge on any atom is 0.251 e. The summed E-state index contributed by atoms with van der Waals surface area (Å²) in [5, 5.41) is 11.8. The third-order valence-corrected chi connectivity index (χ3v) is 3.18. The van der Waals surface area contributed by atoms with Gasteiger partial charge in [-0.15, -0.1) is 0 Å². The van der Waals surface area contributed by atoms with Crippen molar-refractivity contribution in [3.63, 3.8) is 0 Å². The Morgan fingerprint density at radius 1 is 1.33 bits per heavy atom. The molecule has 0 radical (unpaired) electrons. The van der Waals surface area contributed by atoms with Gasteiger partial charge in [0.2, 0.25) is 0 Å². The molecule has 1 aromatic carbocycles. The van der Waals surface area contributed by atoms with Crippen LogP contribution in [0.3, 0.4) is 0 Å². The maximum absolute atomic E-state index is 12.0. The number of carbonyl (C=O) groups is 1. The van der Waals surface area contributed by atoms with E-state index < -0.39 is 0 Å². The van der Waals surface area contributed by atoms with Crippen LogP contribution in [0.2, 0.25) is 0 Å². The summed E-state index contributed by atoms with van der Waals surface area (Å²) in [5.41, 5.74) is 2.81. The van der Waals surface area contributed by atoms with E-state index in [1.54, 1.807) is 0 Å². The zero-order valence-electron chi connectivity index (χ0n) is 11.5. The molecule has 2 N–H and O–H groups in total. The van der Waals surface area contributed by atoms with E-state index in [0.717, 1.165) is 29.5 Å². The first-order valence-corrected chi connectivity index (χ1v) is 6.51. The topological polar surface area (TPSA) is 49.3 Å². The number of amides is 1. The molecule has 100 valence electrons. The van der Waals surface area contributed by atoms with E-state index in [-0.39, 0.29) is 12.5 Å². The molecule has 1 amide bonds. The number of aryl methyl sites for hydroxylation is 2. The largest absolute Gasteiger partial charge is 0.396 e. The number of hydrogen-bond acceptors (Lipinski definition) is 2. The first-order chi connectivity index (χ1) is 8.56. The Balaban J connectivity index is 2.46. The Morgan fingerprint density at radius 3 is 2.50 bits per heavy atom. The summed E-state index contributed by atoms with van der Waals surface area (Å²) in [4.78, 5) is 12.0. The fourth-order valence-electron chi connectivity index (χ4n) is 2.00. The number of aliphatic hydroxyl groups is 1. The van der Waals surface area contributed by atoms with Gasteiger partial charge in [-0.05, 0) is 43.7 Å². The summed E-state index contributed by atoms with van der Waals surface area (Å²) in [7, 11) is 0. The maximum atomic E-state index is 12.0. The lowest BCUT2D eigenvalue weighted by Gasteiger charge is -2.11. The smallest absolute Gasteiger partial charge is 0.251 e. The van der Waals surface area contributed by atoms with Crippen molar-refractivity contribution in [1.82, 2.24) is 5.32 Å². The standard InChI is InChI=1S/C15H23NO2/c1-11(10-17)6-5-9-16-15(18)14-12(2)7-4-8-13(14)3/h4,7-8,11,17H,5-6,9-10H2,1-3H3,(H,16,18). The lowest BCUT2D eigenvalue weighted by Crippen LogP contribution is -2.26. The Bertz CT molecular complexity index is 381. The predicted octanol–water partition coefficient (Wildman–Crippen LogP) is 2.44. The van der Waals surface area contributed by atoms with Crippen LogP contribution < -0.4 is 5.32 Å². The Morgan fingerprint density at radius 2 is 1.94 bits per heavy atom. The fraction of sp³-hybridized carbons (Fsp3) is 0.533. The highest BCUT2D eigenvalue weighted by Gasteiger charge is 2.10. The van der Waals surface area contributed by atoms with Crippen molar-refractivity contribution in [2.75, 3.05) is 13.2 Å². The molecule has 0 aliphatic rings. The summed E-state index contributed by atoms with van der Waals surface area (Å²) >= 11 is 0. The summed E-state index contributed by atoms with van der Waals surface area (Å²) in [6, 6.07) is 5.87. The number of rotatable bonds is 6. The average Bonchev–Trinajstić information content (AvgIpc) is 2.34. The summed E-state index contributed by atoms with van der Waals surface area (Å²) in [5.74, 6) is 0.310. The zero-order valence-corrected chi connectivity index (χ0v) is 11.5. The second-order valence-corrected chi connectivity index (χ2v) is 4.95. The van der Waals surface area contributed by atoms with Gasteiger partial charge in [-0.2, -0.15) is 0 Å². The van der Waals surface area contributed by atoms with E-state index in [2.05, 4.69) is 5.32 Å². The van der Waals surface area contributed by atoms with Crippen molar-refractivity contribution >= 4 is 5.91 Å². The van der Waals surface area contributed by atoms with E-state index in [1.807, 2.05) is 39.0 Å². The number of nitrogens with one attached hydrogen (secondary N) is 1. The van der Waals surface area contributed by atoms with E-state index in [9.17, 15) is 4.79 Å². The van der Waals surface area contributed by atoms with Gasteiger partial charge < -0.3 is 10.4 Å². The van der Waals surface area contributed by atoms with Crippen LogP contribution in [0.5, 0.6) is 0 Å². The quantitative estimate of drug-likeness (QED) is 0.761. The van der Waals surface area contributed by atoms with E-state index in [4.69, 9.17) is 5.11 Å². The minimum absolute atomic E-state index is 0.00208. The monoisotopic (exact) mass is 249 g/mol. The Labute approximate surface area is 109 Å². The first-order valence-electron chi connectivity index (χ1n) is 6.51. The molecule has 0 spiro atoms. The van der Waals surface area contributed by atoms with Crippen molar-refractivity contribution in [1.29, 1.82) is 0 Å². The molecule has 0 saturated carbocycles. The van der Waals surface area contributed by atoms with Crippen molar-refractivity contribution in [2.24, 2.45) is 5.92 Å². The number of benzene rings is 1. The molecule has 0 aliphatic carbocycles. The van der Waals surface area contributed by atoms with Gasteiger partial charge in [0.25, 0.3) is 5.91 Å². The van der Waals surface area contributed by atoms with Crippen LogP contribution in [0.15, 0.2) is 18.2 Å². The third-order valence-electron chi connectivity index (χ3n) is 3.18. The number of aliphatic hydroxyl groups excluding tert-OH is 1. The number of hydrogen-bond donors (Lipinski definition) is 2. The molecule has 0 saturated heterocycles. The molecular formula is C15H23NO2. The highest BCUT2D eigenvalue weighted by molar-refractivity contribution is 5.96. The van der Waals surface area contributed by atoms with E-state index in [1.165, 1.54) is 0 Å². The summed E-state index contributed by atoms with van der Waals surface area (Å²) in [6.07, 6.45) is 1.84. The number of carbonyl (C=O) groups excluding carboxylic acids is 1. The van der Waals surface area contributed by atoms with Gasteiger partial charge >= 0.3 is 0 Å². The van der Waals surface area contributed by atoms with Gasteiger partial charge in [-0.3, -0.25) is 4.79 Å². The van der Waals surface area contributed by atoms with Crippen LogP contribution in [0.25, 0.3) is 0 Å². The van der Waals surface area contributed by atoms with Crippen LogP contribution in [-0.4, -0.2) is 24.2 Å². The molecule has 1 rings (SSSR count). The summed E-state index contributed by atoms with van der Waals surface area (Å²) < 4.78 is 0. The molecule has 1 atom stereocenters. The van der Waals surface area contributed by atoms with E-state index in [0.29, 0.717) is 12.5 Å². The molecule has 1 aromatic rings. The van der Waals surface area contributed by atoms with Gasteiger partial charge in [0.1, 0.15) is 0 Å². The lowest BCUT2D eigenvalue weighted by molar-refractivity contribution is 0.0951. The van der Waals surface area contributed by atoms with Crippen LogP contribution in [0.4, 0.5) is 0 Å². The summed E-state index contributed by atoms with van der Waals surface area (Å²) in [6.45, 7) is 6.79. The van der Waals surface area contributed by atoms with Gasteiger partial charge in [-0.1, -0.05) is 25.1 Å². The molecule has 3 heteroatoms. The van der Waals surface area contributed by atoms with Gasteiger partial charge in [-0.25, -0.2) is 0 Å². The molecule has 0 fully saturated rings. The van der Waals surface area contributed by atoms with Gasteiger partial charge in [0.15, 0.2) is 0 Å². The van der Waals surface area contributed by atoms with Crippen LogP contribution in [0, 0.1) is 19.8 Å². The van der Waals surface area contributed by atoms with Crippen molar-refractivity contribution in [3.05, 3.63) is 34.9 Å². The molecule has 0 heterocycles. The molecule has 0 bridgehead atoms. The Kier molecular flexibility index (Phi) is 5.86. The normalized spacial score (nSPS) is 12.2. The van der Waals surface area contributed by atoms with Crippen molar-refractivity contribution in [3.8, 4) is 0 Å². The second-order valence-electron chi connectivity index (χ2n) is 4.95. The SMILES string of the molecule is Cc1cccc(C)c1C(=O)NCCCC(C)CO. The van der Waals surface area contributed by atoms with E-state index >= 15 is 0 Å². The molecule has 18 heavy (non-hydrogen) atoms. The van der Waals surface area contributed by atoms with Crippen LogP contribution in [-0.2, 0) is 0 Å². The highest BCUT2D eigenvalue weighted by Crippen LogP contribution is 2.13. The minimum atomic E-state index is 0.00208. The predicted molar refractivity (Wildman–Crippen MR) is 73.7 cm³/mol. The Hall–Kier alpha value is -1.35. The molecular weight excluding hydrogens is 226 g/mol. The lowest BCUT2D eigenvalue weighted by atomic mass is 10.0. The minimum Gasteiger partial charge on any atom is -0.396 e. The van der Waals surface area contributed by atoms with Crippen LogP contribution in [0.1, 0.15) is 41.3 Å². The van der Waals surface area contributed by atoms with Crippen molar-refractivity contribution < 1.29 is 9.90 Å². The molecule has 1 unspecified atom stereocenters. The van der Waals surface area contributed by atoms with Crippen molar-refractivity contribution in [2.45, 2.75) is 33.6 Å². The third kappa shape index (κ3) is 4.15.